The number of ether oxygens (including phenoxy) is 1. The summed E-state index contributed by atoms with van der Waals surface area (Å²) in [6, 6.07) is 10.5. The number of thiazole rings is 1. The van der Waals surface area contributed by atoms with Crippen molar-refractivity contribution in [1.82, 2.24) is 19.8 Å². The van der Waals surface area contributed by atoms with E-state index in [1.807, 2.05) is 19.9 Å². The van der Waals surface area contributed by atoms with Crippen molar-refractivity contribution in [1.29, 1.82) is 0 Å². The van der Waals surface area contributed by atoms with Gasteiger partial charge in [-0.1, -0.05) is 24.3 Å². The molecule has 1 aliphatic heterocycles. The molecule has 6 nitrogen and oxygen atoms in total. The second-order valence-electron chi connectivity index (χ2n) is 8.06. The third-order valence-corrected chi connectivity index (χ3v) is 6.64. The van der Waals surface area contributed by atoms with E-state index in [9.17, 15) is 4.79 Å². The van der Waals surface area contributed by atoms with Gasteiger partial charge in [-0.3, -0.25) is 9.69 Å². The third kappa shape index (κ3) is 5.23. The number of aromatic nitrogens is 2. The van der Waals surface area contributed by atoms with Crippen LogP contribution in [0.4, 0.5) is 0 Å². The Bertz CT molecular complexity index is 1050. The highest BCUT2D eigenvalue weighted by atomic mass is 32.1. The molecule has 3 aromatic rings. The largest absolute Gasteiger partial charge is 0.379 e. The number of carbonyl (C=O) groups excluding carboxylic acids is 1. The summed E-state index contributed by atoms with van der Waals surface area (Å²) in [6.07, 6.45) is 0. The topological polar surface area (TPSA) is 59.4 Å². The van der Waals surface area contributed by atoms with Gasteiger partial charge in [-0.15, -0.1) is 11.3 Å². The molecule has 2 aromatic heterocycles. The fraction of sp³-hybridized carbons (Fsp3) is 0.417. The second kappa shape index (κ2) is 9.77. The molecule has 1 saturated heterocycles. The molecular formula is C24H30N4O2S. The molecule has 0 bridgehead atoms. The summed E-state index contributed by atoms with van der Waals surface area (Å²) in [6.45, 7) is 11.3. The Morgan fingerprint density at radius 1 is 1.16 bits per heavy atom. The molecule has 0 aliphatic carbocycles. The molecular weight excluding hydrogens is 408 g/mol. The van der Waals surface area contributed by atoms with Crippen molar-refractivity contribution >= 4 is 17.2 Å². The number of morpholine rings is 1. The van der Waals surface area contributed by atoms with Crippen LogP contribution in [0.25, 0.3) is 11.3 Å². The molecule has 7 heteroatoms. The van der Waals surface area contributed by atoms with Gasteiger partial charge in [-0.25, -0.2) is 4.98 Å². The van der Waals surface area contributed by atoms with Gasteiger partial charge in [0.05, 0.1) is 23.9 Å². The van der Waals surface area contributed by atoms with Gasteiger partial charge in [-0.05, 0) is 38.0 Å². The van der Waals surface area contributed by atoms with Gasteiger partial charge < -0.3 is 14.6 Å². The minimum atomic E-state index is 0.0176. The Morgan fingerprint density at radius 3 is 2.61 bits per heavy atom. The zero-order valence-corrected chi connectivity index (χ0v) is 19.3. The second-order valence-corrected chi connectivity index (χ2v) is 9.12. The first-order valence-corrected chi connectivity index (χ1v) is 11.6. The number of carbonyl (C=O) groups is 1. The molecule has 0 radical (unpaired) electrons. The minimum absolute atomic E-state index is 0.0176. The van der Waals surface area contributed by atoms with Crippen molar-refractivity contribution in [2.24, 2.45) is 0 Å². The first-order valence-electron chi connectivity index (χ1n) is 10.7. The molecule has 3 heterocycles. The predicted octanol–water partition coefficient (Wildman–Crippen LogP) is 3.69. The third-order valence-electron chi connectivity index (χ3n) is 5.86. The predicted molar refractivity (Wildman–Crippen MR) is 124 cm³/mol. The maximum absolute atomic E-state index is 12.8. The lowest BCUT2D eigenvalue weighted by Gasteiger charge is -2.27. The molecule has 0 unspecified atom stereocenters. The fourth-order valence-corrected chi connectivity index (χ4v) is 4.68. The summed E-state index contributed by atoms with van der Waals surface area (Å²) in [7, 11) is 0. The molecule has 1 amide bonds. The van der Waals surface area contributed by atoms with Crippen molar-refractivity contribution in [2.75, 3.05) is 26.3 Å². The van der Waals surface area contributed by atoms with Crippen LogP contribution in [0, 0.1) is 20.8 Å². The molecule has 1 fully saturated rings. The number of nitrogens with one attached hydrogen (secondary N) is 1. The van der Waals surface area contributed by atoms with Crippen molar-refractivity contribution < 1.29 is 9.53 Å². The molecule has 0 saturated carbocycles. The van der Waals surface area contributed by atoms with E-state index in [1.54, 1.807) is 11.3 Å². The van der Waals surface area contributed by atoms with Crippen LogP contribution in [0.15, 0.2) is 35.7 Å². The van der Waals surface area contributed by atoms with E-state index in [-0.39, 0.29) is 5.91 Å². The van der Waals surface area contributed by atoms with Crippen molar-refractivity contribution in [2.45, 2.75) is 40.4 Å². The number of benzene rings is 1. The van der Waals surface area contributed by atoms with E-state index < -0.39 is 0 Å². The van der Waals surface area contributed by atoms with E-state index in [4.69, 9.17) is 4.74 Å². The normalized spacial score (nSPS) is 14.7. The zero-order chi connectivity index (χ0) is 21.8. The number of amides is 1. The first kappa shape index (κ1) is 21.7. The molecule has 164 valence electrons. The Labute approximate surface area is 187 Å². The first-order chi connectivity index (χ1) is 15.0. The average molecular weight is 439 g/mol. The SMILES string of the molecule is Cc1nc(-c2cc(C)n(CC(=O)NCc3ccccc3CN3CCOCC3)c2C)cs1. The summed E-state index contributed by atoms with van der Waals surface area (Å²) >= 11 is 1.65. The van der Waals surface area contributed by atoms with Crippen LogP contribution in [0.5, 0.6) is 0 Å². The van der Waals surface area contributed by atoms with Crippen LogP contribution in [-0.4, -0.2) is 46.7 Å². The van der Waals surface area contributed by atoms with Gasteiger partial charge in [0, 0.05) is 48.5 Å². The van der Waals surface area contributed by atoms with E-state index in [1.165, 1.54) is 11.1 Å². The van der Waals surface area contributed by atoms with Crippen LogP contribution in [0.3, 0.4) is 0 Å². The van der Waals surface area contributed by atoms with Crippen LogP contribution in [-0.2, 0) is 29.2 Å². The smallest absolute Gasteiger partial charge is 0.240 e. The van der Waals surface area contributed by atoms with Gasteiger partial charge >= 0.3 is 0 Å². The Balaban J connectivity index is 1.40. The summed E-state index contributed by atoms with van der Waals surface area (Å²) in [5.74, 6) is 0.0176. The Kier molecular flexibility index (Phi) is 6.85. The number of hydrogen-bond acceptors (Lipinski definition) is 5. The summed E-state index contributed by atoms with van der Waals surface area (Å²) in [5, 5.41) is 6.24. The lowest BCUT2D eigenvalue weighted by atomic mass is 10.1. The van der Waals surface area contributed by atoms with Gasteiger partial charge in [0.1, 0.15) is 6.54 Å². The van der Waals surface area contributed by atoms with E-state index in [0.717, 1.165) is 60.5 Å². The molecule has 0 atom stereocenters. The lowest BCUT2D eigenvalue weighted by molar-refractivity contribution is -0.121. The number of aryl methyl sites for hydroxylation is 2. The van der Waals surface area contributed by atoms with Crippen molar-refractivity contribution in [3.63, 3.8) is 0 Å². The maximum atomic E-state index is 12.8. The Hall–Kier alpha value is -2.48. The van der Waals surface area contributed by atoms with Gasteiger partial charge in [0.15, 0.2) is 0 Å². The van der Waals surface area contributed by atoms with Crippen LogP contribution < -0.4 is 5.32 Å². The summed E-state index contributed by atoms with van der Waals surface area (Å²) < 4.78 is 7.52. The van der Waals surface area contributed by atoms with Crippen LogP contribution in [0.1, 0.15) is 27.5 Å². The number of rotatable bonds is 7. The molecule has 1 aliphatic rings. The van der Waals surface area contributed by atoms with E-state index in [2.05, 4.69) is 56.3 Å². The van der Waals surface area contributed by atoms with Crippen LogP contribution >= 0.6 is 11.3 Å². The van der Waals surface area contributed by atoms with Gasteiger partial charge in [0.2, 0.25) is 5.91 Å². The van der Waals surface area contributed by atoms with E-state index in [0.29, 0.717) is 13.1 Å². The zero-order valence-electron chi connectivity index (χ0n) is 18.5. The van der Waals surface area contributed by atoms with Crippen molar-refractivity contribution in [3.05, 3.63) is 63.2 Å². The van der Waals surface area contributed by atoms with Gasteiger partial charge in [0.25, 0.3) is 0 Å². The average Bonchev–Trinajstić information content (AvgIpc) is 3.32. The quantitative estimate of drug-likeness (QED) is 0.611. The molecule has 4 rings (SSSR count). The molecule has 31 heavy (non-hydrogen) atoms. The van der Waals surface area contributed by atoms with Crippen molar-refractivity contribution in [3.8, 4) is 11.3 Å². The number of nitrogens with zero attached hydrogens (tertiary/aromatic N) is 3. The Morgan fingerprint density at radius 2 is 1.90 bits per heavy atom. The fourth-order valence-electron chi connectivity index (χ4n) is 4.07. The standard InChI is InChI=1S/C24H30N4O2S/c1-17-12-22(23-16-31-19(3)26-23)18(2)28(17)15-24(29)25-13-20-6-4-5-7-21(20)14-27-8-10-30-11-9-27/h4-7,12,16H,8-11,13-15H2,1-3H3,(H,25,29). The van der Waals surface area contributed by atoms with Gasteiger partial charge in [-0.2, -0.15) is 0 Å². The highest BCUT2D eigenvalue weighted by Crippen LogP contribution is 2.28. The molecule has 1 aromatic carbocycles. The number of hydrogen-bond donors (Lipinski definition) is 1. The minimum Gasteiger partial charge on any atom is -0.379 e. The highest BCUT2D eigenvalue weighted by Gasteiger charge is 2.16. The summed E-state index contributed by atoms with van der Waals surface area (Å²) in [5.41, 5.74) is 6.66. The maximum Gasteiger partial charge on any atom is 0.240 e. The van der Waals surface area contributed by atoms with E-state index >= 15 is 0 Å². The lowest BCUT2D eigenvalue weighted by Crippen LogP contribution is -2.36. The molecule has 0 spiro atoms. The summed E-state index contributed by atoms with van der Waals surface area (Å²) in [4.78, 5) is 19.8. The molecule has 1 N–H and O–H groups in total. The van der Waals surface area contributed by atoms with Crippen LogP contribution in [0.2, 0.25) is 0 Å². The highest BCUT2D eigenvalue weighted by molar-refractivity contribution is 7.09. The monoisotopic (exact) mass is 438 g/mol.